The van der Waals surface area contributed by atoms with Crippen molar-refractivity contribution in [1.82, 2.24) is 9.88 Å². The molecule has 3 nitrogen and oxygen atoms in total. The van der Waals surface area contributed by atoms with Crippen molar-refractivity contribution < 1.29 is 0 Å². The zero-order valence-electron chi connectivity index (χ0n) is 20.4. The van der Waals surface area contributed by atoms with Gasteiger partial charge in [-0.05, 0) is 64.5 Å². The first kappa shape index (κ1) is 23.3. The molecule has 0 unspecified atom stereocenters. The van der Waals surface area contributed by atoms with Crippen molar-refractivity contribution in [3.05, 3.63) is 102 Å². The largest absolute Gasteiger partial charge is 0.295 e. The quantitative estimate of drug-likeness (QED) is 0.270. The predicted molar refractivity (Wildman–Crippen MR) is 144 cm³/mol. The van der Waals surface area contributed by atoms with Crippen LogP contribution in [0.1, 0.15) is 55.2 Å². The van der Waals surface area contributed by atoms with E-state index in [9.17, 15) is 5.26 Å². The smallest absolute Gasteiger partial charge is 0.0998 e. The topological polar surface area (TPSA) is 39.9 Å². The van der Waals surface area contributed by atoms with Gasteiger partial charge in [0.1, 0.15) is 0 Å². The van der Waals surface area contributed by atoms with E-state index in [4.69, 9.17) is 0 Å². The van der Waals surface area contributed by atoms with Gasteiger partial charge in [0, 0.05) is 31.0 Å². The highest BCUT2D eigenvalue weighted by Gasteiger charge is 2.17. The van der Waals surface area contributed by atoms with Gasteiger partial charge in [-0.2, -0.15) is 5.26 Å². The highest BCUT2D eigenvalue weighted by atomic mass is 15.1. The zero-order valence-corrected chi connectivity index (χ0v) is 20.4. The Labute approximate surface area is 209 Å². The lowest BCUT2D eigenvalue weighted by Crippen LogP contribution is -2.26. The summed E-state index contributed by atoms with van der Waals surface area (Å²) >= 11 is 0. The van der Waals surface area contributed by atoms with Crippen molar-refractivity contribution in [2.75, 3.05) is 6.54 Å². The Morgan fingerprint density at radius 3 is 2.49 bits per heavy atom. The third-order valence-electron chi connectivity index (χ3n) is 7.40. The first-order chi connectivity index (χ1) is 17.3. The molecular formula is C32H33N3. The van der Waals surface area contributed by atoms with Crippen LogP contribution in [-0.4, -0.2) is 16.4 Å². The van der Waals surface area contributed by atoms with Gasteiger partial charge in [0.25, 0.3) is 0 Å². The van der Waals surface area contributed by atoms with Crippen molar-refractivity contribution in [2.24, 2.45) is 5.92 Å². The standard InChI is InChI=1S/C32H33N3/c33-21-29-16-15-26(20-32(29)31-14-6-12-28-11-4-5-13-30(28)31)23-35(24-27-10-7-18-34-22-27)19-17-25-8-2-1-3-9-25/h4-7,10-16,18,20,22,25H,1-3,8-9,17,19,23-24H2. The maximum absolute atomic E-state index is 9.88. The molecule has 5 rings (SSSR count). The Kier molecular flexibility index (Phi) is 7.51. The van der Waals surface area contributed by atoms with Gasteiger partial charge in [-0.25, -0.2) is 0 Å². The molecule has 3 heteroatoms. The van der Waals surface area contributed by atoms with Gasteiger partial charge in [0.05, 0.1) is 11.6 Å². The molecule has 176 valence electrons. The fourth-order valence-electron chi connectivity index (χ4n) is 5.53. The summed E-state index contributed by atoms with van der Waals surface area (Å²) in [7, 11) is 0. The first-order valence-corrected chi connectivity index (χ1v) is 12.9. The van der Waals surface area contributed by atoms with Crippen LogP contribution in [0.3, 0.4) is 0 Å². The van der Waals surface area contributed by atoms with Gasteiger partial charge in [-0.15, -0.1) is 0 Å². The lowest BCUT2D eigenvalue weighted by Gasteiger charge is -2.27. The molecule has 1 aromatic heterocycles. The van der Waals surface area contributed by atoms with Crippen molar-refractivity contribution in [1.29, 1.82) is 5.26 Å². The average molecular weight is 460 g/mol. The van der Waals surface area contributed by atoms with E-state index in [1.165, 1.54) is 60.4 Å². The number of nitriles is 1. The Bertz CT molecular complexity index is 1290. The Balaban J connectivity index is 1.43. The summed E-state index contributed by atoms with van der Waals surface area (Å²) in [5, 5.41) is 12.3. The zero-order chi connectivity index (χ0) is 23.9. The van der Waals surface area contributed by atoms with Crippen LogP contribution in [0.25, 0.3) is 21.9 Å². The van der Waals surface area contributed by atoms with Gasteiger partial charge in [0.15, 0.2) is 0 Å². The normalized spacial score (nSPS) is 14.3. The number of benzene rings is 3. The van der Waals surface area contributed by atoms with E-state index in [0.29, 0.717) is 0 Å². The number of hydrogen-bond donors (Lipinski definition) is 0. The number of aromatic nitrogens is 1. The number of hydrogen-bond acceptors (Lipinski definition) is 3. The van der Waals surface area contributed by atoms with Crippen LogP contribution < -0.4 is 0 Å². The third-order valence-corrected chi connectivity index (χ3v) is 7.40. The number of rotatable bonds is 8. The van der Waals surface area contributed by atoms with Crippen LogP contribution in [-0.2, 0) is 13.1 Å². The molecule has 4 aromatic rings. The van der Waals surface area contributed by atoms with Crippen molar-refractivity contribution in [3.63, 3.8) is 0 Å². The van der Waals surface area contributed by atoms with E-state index in [0.717, 1.165) is 42.2 Å². The number of fused-ring (bicyclic) bond motifs is 1. The summed E-state index contributed by atoms with van der Waals surface area (Å²) in [5.74, 6) is 0.854. The summed E-state index contributed by atoms with van der Waals surface area (Å²) in [6.45, 7) is 2.85. The molecule has 0 spiro atoms. The summed E-state index contributed by atoms with van der Waals surface area (Å²) < 4.78 is 0. The summed E-state index contributed by atoms with van der Waals surface area (Å²) in [6.07, 6.45) is 12.0. The highest BCUT2D eigenvalue weighted by Crippen LogP contribution is 2.32. The second-order valence-corrected chi connectivity index (χ2v) is 9.88. The Hall–Kier alpha value is -3.48. The molecule has 0 bridgehead atoms. The summed E-state index contributed by atoms with van der Waals surface area (Å²) in [4.78, 5) is 6.89. The van der Waals surface area contributed by atoms with Gasteiger partial charge in [-0.1, -0.05) is 86.7 Å². The molecule has 1 aliphatic carbocycles. The molecule has 1 heterocycles. The van der Waals surface area contributed by atoms with Crippen LogP contribution in [0.4, 0.5) is 0 Å². The van der Waals surface area contributed by atoms with Gasteiger partial charge in [0.2, 0.25) is 0 Å². The van der Waals surface area contributed by atoms with Crippen molar-refractivity contribution >= 4 is 10.8 Å². The molecule has 1 saturated carbocycles. The van der Waals surface area contributed by atoms with E-state index in [-0.39, 0.29) is 0 Å². The summed E-state index contributed by atoms with van der Waals surface area (Å²) in [6, 6.07) is 27.8. The van der Waals surface area contributed by atoms with Gasteiger partial charge in [-0.3, -0.25) is 9.88 Å². The lowest BCUT2D eigenvalue weighted by atomic mass is 9.87. The molecule has 1 fully saturated rings. The first-order valence-electron chi connectivity index (χ1n) is 12.9. The Morgan fingerprint density at radius 1 is 0.829 bits per heavy atom. The molecule has 0 radical (unpaired) electrons. The van der Waals surface area contributed by atoms with Crippen LogP contribution in [0.2, 0.25) is 0 Å². The molecule has 0 N–H and O–H groups in total. The van der Waals surface area contributed by atoms with Crippen LogP contribution in [0.15, 0.2) is 85.2 Å². The van der Waals surface area contributed by atoms with Crippen molar-refractivity contribution in [3.8, 4) is 17.2 Å². The van der Waals surface area contributed by atoms with E-state index in [1.807, 2.05) is 24.5 Å². The highest BCUT2D eigenvalue weighted by molar-refractivity contribution is 5.97. The van der Waals surface area contributed by atoms with Crippen LogP contribution in [0, 0.1) is 17.2 Å². The minimum absolute atomic E-state index is 0.728. The lowest BCUT2D eigenvalue weighted by molar-refractivity contribution is 0.218. The maximum atomic E-state index is 9.88. The maximum Gasteiger partial charge on any atom is 0.0998 e. The molecule has 0 aliphatic heterocycles. The Morgan fingerprint density at radius 2 is 1.66 bits per heavy atom. The molecule has 0 amide bonds. The molecule has 3 aromatic carbocycles. The average Bonchev–Trinajstić information content (AvgIpc) is 2.92. The van der Waals surface area contributed by atoms with E-state index in [2.05, 4.69) is 76.6 Å². The minimum atomic E-state index is 0.728. The number of pyridine rings is 1. The fourth-order valence-corrected chi connectivity index (χ4v) is 5.53. The molecule has 0 saturated heterocycles. The summed E-state index contributed by atoms with van der Waals surface area (Å²) in [5.41, 5.74) is 5.38. The monoisotopic (exact) mass is 459 g/mol. The third kappa shape index (κ3) is 5.78. The molecule has 35 heavy (non-hydrogen) atoms. The van der Waals surface area contributed by atoms with E-state index >= 15 is 0 Å². The second-order valence-electron chi connectivity index (χ2n) is 9.88. The van der Waals surface area contributed by atoms with Gasteiger partial charge < -0.3 is 0 Å². The fraction of sp³-hybridized carbons (Fsp3) is 0.312. The molecular weight excluding hydrogens is 426 g/mol. The van der Waals surface area contributed by atoms with Gasteiger partial charge >= 0.3 is 0 Å². The molecule has 1 aliphatic rings. The predicted octanol–water partition coefficient (Wildman–Crippen LogP) is 7.75. The molecule has 0 atom stereocenters. The van der Waals surface area contributed by atoms with E-state index < -0.39 is 0 Å². The van der Waals surface area contributed by atoms with Crippen LogP contribution >= 0.6 is 0 Å². The second kappa shape index (κ2) is 11.3. The van der Waals surface area contributed by atoms with E-state index in [1.54, 1.807) is 0 Å². The van der Waals surface area contributed by atoms with Crippen LogP contribution in [0.5, 0.6) is 0 Å². The SMILES string of the molecule is N#Cc1ccc(CN(CCC2CCCCC2)Cc2cccnc2)cc1-c1cccc2ccccc12. The number of nitrogens with zero attached hydrogens (tertiary/aromatic N) is 3. The van der Waals surface area contributed by atoms with Crippen molar-refractivity contribution in [2.45, 2.75) is 51.6 Å². The minimum Gasteiger partial charge on any atom is -0.295 e.